The van der Waals surface area contributed by atoms with Crippen molar-refractivity contribution in [1.82, 2.24) is 24.8 Å². The van der Waals surface area contributed by atoms with E-state index < -0.39 is 0 Å². The molecule has 0 amide bonds. The second kappa shape index (κ2) is 7.01. The van der Waals surface area contributed by atoms with Gasteiger partial charge in [0.1, 0.15) is 24.4 Å². The molecule has 0 bridgehead atoms. The third kappa shape index (κ3) is 3.32. The largest absolute Gasteiger partial charge is 0.508 e. The molecule has 7 nitrogen and oxygen atoms in total. The molecule has 5 rings (SSSR count). The van der Waals surface area contributed by atoms with Gasteiger partial charge >= 0.3 is 0 Å². The Labute approximate surface area is 162 Å². The monoisotopic (exact) mass is 373 g/mol. The summed E-state index contributed by atoms with van der Waals surface area (Å²) < 4.78 is 5.82. The summed E-state index contributed by atoms with van der Waals surface area (Å²) in [7, 11) is 0. The van der Waals surface area contributed by atoms with Gasteiger partial charge in [-0.25, -0.2) is 19.9 Å². The van der Waals surface area contributed by atoms with Gasteiger partial charge in [0.15, 0.2) is 5.82 Å². The zero-order chi connectivity index (χ0) is 18.9. The van der Waals surface area contributed by atoms with Crippen LogP contribution in [-0.4, -0.2) is 49.6 Å². The average Bonchev–Trinajstić information content (AvgIpc) is 2.74. The van der Waals surface area contributed by atoms with Crippen LogP contribution in [0.3, 0.4) is 0 Å². The Bertz CT molecular complexity index is 1050. The summed E-state index contributed by atoms with van der Waals surface area (Å²) >= 11 is 0. The van der Waals surface area contributed by atoms with Crippen molar-refractivity contribution in [2.24, 2.45) is 0 Å². The van der Waals surface area contributed by atoms with Gasteiger partial charge in [0.05, 0.1) is 11.3 Å². The summed E-state index contributed by atoms with van der Waals surface area (Å²) in [6.45, 7) is 3.14. The van der Waals surface area contributed by atoms with E-state index >= 15 is 0 Å². The molecule has 7 heteroatoms. The molecule has 2 aliphatic rings. The second-order valence-corrected chi connectivity index (χ2v) is 7.07. The Morgan fingerprint density at radius 3 is 2.93 bits per heavy atom. The van der Waals surface area contributed by atoms with Crippen molar-refractivity contribution < 1.29 is 9.84 Å². The topological polar surface area (TPSA) is 84.3 Å². The number of ether oxygens (including phenoxy) is 1. The highest BCUT2D eigenvalue weighted by molar-refractivity contribution is 5.64. The molecule has 28 heavy (non-hydrogen) atoms. The van der Waals surface area contributed by atoms with Crippen molar-refractivity contribution in [2.45, 2.75) is 13.0 Å². The van der Waals surface area contributed by atoms with Crippen LogP contribution in [0.25, 0.3) is 17.5 Å². The lowest BCUT2D eigenvalue weighted by atomic mass is 10.0. The van der Waals surface area contributed by atoms with Crippen LogP contribution in [0.1, 0.15) is 16.8 Å². The number of fused-ring (bicyclic) bond motifs is 2. The molecular formula is C21H19N5O2. The van der Waals surface area contributed by atoms with Crippen molar-refractivity contribution in [3.8, 4) is 22.9 Å². The first-order chi connectivity index (χ1) is 13.7. The van der Waals surface area contributed by atoms with Gasteiger partial charge in [-0.05, 0) is 29.8 Å². The molecule has 1 aromatic carbocycles. The van der Waals surface area contributed by atoms with Crippen LogP contribution in [-0.2, 0) is 13.0 Å². The minimum Gasteiger partial charge on any atom is -0.508 e. The molecule has 0 atom stereocenters. The molecule has 0 saturated carbocycles. The molecule has 0 aliphatic carbocycles. The molecule has 3 aromatic rings. The van der Waals surface area contributed by atoms with Gasteiger partial charge in [-0.15, -0.1) is 0 Å². The standard InChI is InChI=1S/C21H19N5O2/c27-18-1-2-20-15(6-18)5-14(12-28-20)10-26-4-3-19-17(11-26)9-24-21(25-19)16-7-22-13-23-8-16/h1-2,5-9,13,27H,3-4,10-12H2. The smallest absolute Gasteiger partial charge is 0.162 e. The Morgan fingerprint density at radius 1 is 1.14 bits per heavy atom. The summed E-state index contributed by atoms with van der Waals surface area (Å²) in [6, 6.07) is 5.19. The molecule has 0 spiro atoms. The molecule has 0 radical (unpaired) electrons. The van der Waals surface area contributed by atoms with E-state index in [1.807, 2.05) is 12.3 Å². The Kier molecular flexibility index (Phi) is 4.21. The van der Waals surface area contributed by atoms with Gasteiger partial charge in [-0.3, -0.25) is 4.90 Å². The van der Waals surface area contributed by atoms with E-state index in [9.17, 15) is 5.11 Å². The fourth-order valence-electron chi connectivity index (χ4n) is 3.65. The summed E-state index contributed by atoms with van der Waals surface area (Å²) in [6.07, 6.45) is 9.87. The highest BCUT2D eigenvalue weighted by Gasteiger charge is 2.21. The van der Waals surface area contributed by atoms with Gasteiger partial charge < -0.3 is 9.84 Å². The molecule has 2 aliphatic heterocycles. The van der Waals surface area contributed by atoms with Crippen LogP contribution in [0.2, 0.25) is 0 Å². The predicted octanol–water partition coefficient (Wildman–Crippen LogP) is 2.47. The van der Waals surface area contributed by atoms with E-state index in [0.717, 1.165) is 54.2 Å². The predicted molar refractivity (Wildman–Crippen MR) is 104 cm³/mol. The average molecular weight is 373 g/mol. The maximum atomic E-state index is 9.69. The molecular weight excluding hydrogens is 354 g/mol. The van der Waals surface area contributed by atoms with Crippen LogP contribution in [0.5, 0.6) is 11.5 Å². The van der Waals surface area contributed by atoms with Gasteiger partial charge in [-0.1, -0.05) is 0 Å². The zero-order valence-electron chi connectivity index (χ0n) is 15.2. The van der Waals surface area contributed by atoms with E-state index in [-0.39, 0.29) is 5.75 Å². The molecule has 0 fully saturated rings. The highest BCUT2D eigenvalue weighted by Crippen LogP contribution is 2.30. The first kappa shape index (κ1) is 16.8. The quantitative estimate of drug-likeness (QED) is 0.755. The van der Waals surface area contributed by atoms with Gasteiger partial charge in [0.2, 0.25) is 0 Å². The van der Waals surface area contributed by atoms with E-state index in [2.05, 4.69) is 25.9 Å². The second-order valence-electron chi connectivity index (χ2n) is 7.07. The van der Waals surface area contributed by atoms with Crippen LogP contribution in [0, 0.1) is 0 Å². The first-order valence-electron chi connectivity index (χ1n) is 9.22. The third-order valence-corrected chi connectivity index (χ3v) is 5.02. The van der Waals surface area contributed by atoms with E-state index in [4.69, 9.17) is 9.72 Å². The normalized spacial score (nSPS) is 15.9. The number of nitrogens with zero attached hydrogens (tertiary/aromatic N) is 5. The summed E-state index contributed by atoms with van der Waals surface area (Å²) in [5.41, 5.74) is 5.20. The molecule has 1 N–H and O–H groups in total. The van der Waals surface area contributed by atoms with Crippen LogP contribution in [0.4, 0.5) is 0 Å². The van der Waals surface area contributed by atoms with Crippen molar-refractivity contribution in [1.29, 1.82) is 0 Å². The third-order valence-electron chi connectivity index (χ3n) is 5.02. The number of rotatable bonds is 3. The van der Waals surface area contributed by atoms with E-state index in [0.29, 0.717) is 12.4 Å². The summed E-state index contributed by atoms with van der Waals surface area (Å²) in [5.74, 6) is 1.74. The maximum Gasteiger partial charge on any atom is 0.162 e. The van der Waals surface area contributed by atoms with Crippen molar-refractivity contribution in [2.75, 3.05) is 19.7 Å². The van der Waals surface area contributed by atoms with E-state index in [1.165, 1.54) is 11.9 Å². The van der Waals surface area contributed by atoms with Crippen LogP contribution < -0.4 is 4.74 Å². The number of hydrogen-bond acceptors (Lipinski definition) is 7. The number of phenolic OH excluding ortho intramolecular Hbond substituents is 1. The minimum atomic E-state index is 0.253. The van der Waals surface area contributed by atoms with Gasteiger partial charge in [0.25, 0.3) is 0 Å². The highest BCUT2D eigenvalue weighted by atomic mass is 16.5. The van der Waals surface area contributed by atoms with Gasteiger partial charge in [0, 0.05) is 55.8 Å². The summed E-state index contributed by atoms with van der Waals surface area (Å²) in [5, 5.41) is 9.69. The number of phenols is 1. The number of aromatic hydroxyl groups is 1. The number of aromatic nitrogens is 4. The Hall–Kier alpha value is -3.32. The van der Waals surface area contributed by atoms with E-state index in [1.54, 1.807) is 24.5 Å². The maximum absolute atomic E-state index is 9.69. The molecule has 0 unspecified atom stereocenters. The molecule has 4 heterocycles. The molecule has 140 valence electrons. The first-order valence-corrected chi connectivity index (χ1v) is 9.22. The Morgan fingerprint density at radius 2 is 2.04 bits per heavy atom. The zero-order valence-corrected chi connectivity index (χ0v) is 15.2. The summed E-state index contributed by atoms with van der Waals surface area (Å²) in [4.78, 5) is 19.7. The van der Waals surface area contributed by atoms with Crippen molar-refractivity contribution in [3.05, 3.63) is 65.5 Å². The SMILES string of the molecule is Oc1ccc2c(c1)C=C(CN1CCc3nc(-c4cncnc4)ncc3C1)CO2. The fourth-order valence-corrected chi connectivity index (χ4v) is 3.65. The lowest BCUT2D eigenvalue weighted by Gasteiger charge is -2.30. The van der Waals surface area contributed by atoms with Crippen LogP contribution >= 0.6 is 0 Å². The number of benzene rings is 1. The minimum absolute atomic E-state index is 0.253. The Balaban J connectivity index is 1.31. The van der Waals surface area contributed by atoms with Crippen molar-refractivity contribution >= 4 is 6.08 Å². The van der Waals surface area contributed by atoms with Gasteiger partial charge in [-0.2, -0.15) is 0 Å². The lowest BCUT2D eigenvalue weighted by Crippen LogP contribution is -2.34. The number of hydrogen-bond donors (Lipinski definition) is 1. The lowest BCUT2D eigenvalue weighted by molar-refractivity contribution is 0.255. The van der Waals surface area contributed by atoms with Crippen LogP contribution in [0.15, 0.2) is 48.7 Å². The fraction of sp³-hybridized carbons (Fsp3) is 0.238. The molecule has 2 aromatic heterocycles. The van der Waals surface area contributed by atoms with Crippen molar-refractivity contribution in [3.63, 3.8) is 0 Å². The molecule has 0 saturated heterocycles.